The Kier molecular flexibility index (Phi) is 3.61. The largest absolute Gasteiger partial charge is 0.481 e. The SMILES string of the molecule is O=C(O)C1CCC(Nc2ccc(F)cc2)CC1. The van der Waals surface area contributed by atoms with Crippen molar-refractivity contribution in [3.8, 4) is 0 Å². The first kappa shape index (κ1) is 11.9. The van der Waals surface area contributed by atoms with Gasteiger partial charge in [-0.3, -0.25) is 4.79 Å². The lowest BCUT2D eigenvalue weighted by Gasteiger charge is -2.27. The Morgan fingerprint density at radius 1 is 1.18 bits per heavy atom. The Bertz CT molecular complexity index is 383. The number of rotatable bonds is 3. The molecule has 0 bridgehead atoms. The quantitative estimate of drug-likeness (QED) is 0.849. The predicted octanol–water partition coefficient (Wildman–Crippen LogP) is 2.88. The van der Waals surface area contributed by atoms with Gasteiger partial charge in [-0.2, -0.15) is 0 Å². The maximum Gasteiger partial charge on any atom is 0.306 e. The summed E-state index contributed by atoms with van der Waals surface area (Å²) in [6.45, 7) is 0. The second-order valence-electron chi connectivity index (χ2n) is 4.54. The van der Waals surface area contributed by atoms with Gasteiger partial charge >= 0.3 is 5.97 Å². The second-order valence-corrected chi connectivity index (χ2v) is 4.54. The Morgan fingerprint density at radius 2 is 1.76 bits per heavy atom. The average Bonchev–Trinajstić information content (AvgIpc) is 2.33. The molecule has 1 fully saturated rings. The summed E-state index contributed by atoms with van der Waals surface area (Å²) in [5.74, 6) is -1.13. The van der Waals surface area contributed by atoms with Crippen LogP contribution >= 0.6 is 0 Å². The summed E-state index contributed by atoms with van der Waals surface area (Å²) < 4.78 is 12.7. The fourth-order valence-corrected chi connectivity index (χ4v) is 2.27. The van der Waals surface area contributed by atoms with Crippen molar-refractivity contribution >= 4 is 11.7 Å². The van der Waals surface area contributed by atoms with Crippen LogP contribution in [-0.4, -0.2) is 17.1 Å². The minimum atomic E-state index is -0.690. The molecule has 0 radical (unpaired) electrons. The molecule has 4 heteroatoms. The number of hydrogen-bond donors (Lipinski definition) is 2. The highest BCUT2D eigenvalue weighted by Crippen LogP contribution is 2.26. The van der Waals surface area contributed by atoms with E-state index >= 15 is 0 Å². The third-order valence-electron chi connectivity index (χ3n) is 3.29. The smallest absolute Gasteiger partial charge is 0.306 e. The first-order chi connectivity index (χ1) is 8.15. The molecule has 0 saturated heterocycles. The number of carboxylic acids is 1. The average molecular weight is 237 g/mol. The van der Waals surface area contributed by atoms with Crippen molar-refractivity contribution in [3.63, 3.8) is 0 Å². The van der Waals surface area contributed by atoms with Crippen molar-refractivity contribution in [2.45, 2.75) is 31.7 Å². The lowest BCUT2D eigenvalue weighted by Crippen LogP contribution is -2.29. The van der Waals surface area contributed by atoms with Crippen molar-refractivity contribution in [2.75, 3.05) is 5.32 Å². The van der Waals surface area contributed by atoms with E-state index in [9.17, 15) is 9.18 Å². The Morgan fingerprint density at radius 3 is 2.29 bits per heavy atom. The Hall–Kier alpha value is -1.58. The lowest BCUT2D eigenvalue weighted by molar-refractivity contribution is -0.142. The molecule has 3 nitrogen and oxygen atoms in total. The van der Waals surface area contributed by atoms with Crippen LogP contribution in [0.15, 0.2) is 24.3 Å². The van der Waals surface area contributed by atoms with Gasteiger partial charge in [0.25, 0.3) is 0 Å². The van der Waals surface area contributed by atoms with E-state index in [1.165, 1.54) is 12.1 Å². The third kappa shape index (κ3) is 3.19. The highest BCUT2D eigenvalue weighted by atomic mass is 19.1. The number of benzene rings is 1. The van der Waals surface area contributed by atoms with Crippen molar-refractivity contribution in [3.05, 3.63) is 30.1 Å². The van der Waals surface area contributed by atoms with E-state index < -0.39 is 5.97 Å². The zero-order valence-corrected chi connectivity index (χ0v) is 9.53. The Labute approximate surface area is 99.7 Å². The second kappa shape index (κ2) is 5.17. The molecule has 1 saturated carbocycles. The van der Waals surface area contributed by atoms with Crippen LogP contribution in [0.2, 0.25) is 0 Å². The van der Waals surface area contributed by atoms with E-state index in [4.69, 9.17) is 5.11 Å². The van der Waals surface area contributed by atoms with Crippen LogP contribution in [0, 0.1) is 11.7 Å². The number of aliphatic carboxylic acids is 1. The molecule has 0 spiro atoms. The van der Waals surface area contributed by atoms with E-state index in [1.807, 2.05) is 0 Å². The molecule has 17 heavy (non-hydrogen) atoms. The van der Waals surface area contributed by atoms with E-state index in [0.29, 0.717) is 18.9 Å². The van der Waals surface area contributed by atoms with Gasteiger partial charge in [0.15, 0.2) is 0 Å². The molecule has 2 N–H and O–H groups in total. The highest BCUT2D eigenvalue weighted by molar-refractivity contribution is 5.70. The highest BCUT2D eigenvalue weighted by Gasteiger charge is 2.25. The van der Waals surface area contributed by atoms with Gasteiger partial charge in [0, 0.05) is 11.7 Å². The van der Waals surface area contributed by atoms with Gasteiger partial charge in [0.1, 0.15) is 5.82 Å². The predicted molar refractivity (Wildman–Crippen MR) is 63.4 cm³/mol. The van der Waals surface area contributed by atoms with E-state index in [2.05, 4.69) is 5.32 Å². The monoisotopic (exact) mass is 237 g/mol. The van der Waals surface area contributed by atoms with Crippen LogP contribution in [0.25, 0.3) is 0 Å². The molecule has 1 aromatic carbocycles. The van der Waals surface area contributed by atoms with Crippen molar-refractivity contribution < 1.29 is 14.3 Å². The fourth-order valence-electron chi connectivity index (χ4n) is 2.27. The maximum atomic E-state index is 12.7. The third-order valence-corrected chi connectivity index (χ3v) is 3.29. The molecule has 0 heterocycles. The van der Waals surface area contributed by atoms with E-state index in [1.54, 1.807) is 12.1 Å². The number of nitrogens with one attached hydrogen (secondary N) is 1. The number of halogens is 1. The van der Waals surface area contributed by atoms with Gasteiger partial charge in [0.2, 0.25) is 0 Å². The van der Waals surface area contributed by atoms with Gasteiger partial charge in [-0.25, -0.2) is 4.39 Å². The molecule has 1 aliphatic carbocycles. The van der Waals surface area contributed by atoms with Gasteiger partial charge in [-0.1, -0.05) is 0 Å². The van der Waals surface area contributed by atoms with Crippen LogP contribution in [0.4, 0.5) is 10.1 Å². The van der Waals surface area contributed by atoms with E-state index in [0.717, 1.165) is 18.5 Å². The van der Waals surface area contributed by atoms with Crippen LogP contribution in [0.1, 0.15) is 25.7 Å². The first-order valence-corrected chi connectivity index (χ1v) is 5.90. The van der Waals surface area contributed by atoms with Crippen molar-refractivity contribution in [1.29, 1.82) is 0 Å². The molecular formula is C13H16FNO2. The number of carbonyl (C=O) groups is 1. The normalized spacial score (nSPS) is 24.3. The summed E-state index contributed by atoms with van der Waals surface area (Å²) >= 11 is 0. The molecule has 0 aromatic heterocycles. The summed E-state index contributed by atoms with van der Waals surface area (Å²) in [6.07, 6.45) is 3.14. The number of hydrogen-bond acceptors (Lipinski definition) is 2. The maximum absolute atomic E-state index is 12.7. The molecule has 2 rings (SSSR count). The molecule has 0 amide bonds. The van der Waals surface area contributed by atoms with Crippen LogP contribution in [0.5, 0.6) is 0 Å². The lowest BCUT2D eigenvalue weighted by atomic mass is 9.86. The fraction of sp³-hybridized carbons (Fsp3) is 0.462. The summed E-state index contributed by atoms with van der Waals surface area (Å²) in [5.41, 5.74) is 0.894. The number of carboxylic acid groups (broad SMARTS) is 1. The van der Waals surface area contributed by atoms with Gasteiger partial charge in [-0.15, -0.1) is 0 Å². The standard InChI is InChI=1S/C13H16FNO2/c14-10-3-7-12(8-4-10)15-11-5-1-9(2-6-11)13(16)17/h3-4,7-9,11,15H,1-2,5-6H2,(H,16,17). The van der Waals surface area contributed by atoms with Crippen molar-refractivity contribution in [1.82, 2.24) is 0 Å². The molecule has 1 aromatic rings. The Balaban J connectivity index is 1.85. The van der Waals surface area contributed by atoms with Crippen LogP contribution in [-0.2, 0) is 4.79 Å². The van der Waals surface area contributed by atoms with Crippen molar-refractivity contribution in [2.24, 2.45) is 5.92 Å². The summed E-state index contributed by atoms with van der Waals surface area (Å²) in [7, 11) is 0. The van der Waals surface area contributed by atoms with Crippen LogP contribution in [0.3, 0.4) is 0 Å². The summed E-state index contributed by atoms with van der Waals surface area (Å²) in [4.78, 5) is 10.8. The van der Waals surface area contributed by atoms with E-state index in [-0.39, 0.29) is 11.7 Å². The molecule has 0 atom stereocenters. The molecule has 92 valence electrons. The summed E-state index contributed by atoms with van der Waals surface area (Å²) in [6, 6.07) is 6.56. The topological polar surface area (TPSA) is 49.3 Å². The molecular weight excluding hydrogens is 221 g/mol. The zero-order chi connectivity index (χ0) is 12.3. The summed E-state index contributed by atoms with van der Waals surface area (Å²) in [5, 5.41) is 12.2. The first-order valence-electron chi connectivity index (χ1n) is 5.90. The molecule has 0 unspecified atom stereocenters. The van der Waals surface area contributed by atoms with Gasteiger partial charge < -0.3 is 10.4 Å². The molecule has 1 aliphatic rings. The zero-order valence-electron chi connectivity index (χ0n) is 9.53. The minimum Gasteiger partial charge on any atom is -0.481 e. The van der Waals surface area contributed by atoms with Gasteiger partial charge in [0.05, 0.1) is 5.92 Å². The minimum absolute atomic E-state index is 0.193. The molecule has 0 aliphatic heterocycles. The van der Waals surface area contributed by atoms with Crippen LogP contribution < -0.4 is 5.32 Å². The number of anilines is 1. The van der Waals surface area contributed by atoms with Gasteiger partial charge in [-0.05, 0) is 49.9 Å².